The van der Waals surface area contributed by atoms with Gasteiger partial charge in [0.1, 0.15) is 17.3 Å². The van der Waals surface area contributed by atoms with Gasteiger partial charge < -0.3 is 15.4 Å². The lowest BCUT2D eigenvalue weighted by atomic mass is 9.89. The zero-order valence-electron chi connectivity index (χ0n) is 21.2. The van der Waals surface area contributed by atoms with E-state index in [0.29, 0.717) is 17.1 Å². The summed E-state index contributed by atoms with van der Waals surface area (Å²) in [7, 11) is 0. The van der Waals surface area contributed by atoms with Crippen molar-refractivity contribution in [2.75, 3.05) is 19.7 Å². The van der Waals surface area contributed by atoms with Crippen molar-refractivity contribution in [1.29, 1.82) is 0 Å². The van der Waals surface area contributed by atoms with E-state index in [0.717, 1.165) is 49.3 Å². The molecule has 0 spiro atoms. The summed E-state index contributed by atoms with van der Waals surface area (Å²) in [6, 6.07) is 10.3. The number of ether oxygens (including phenoxy) is 1. The van der Waals surface area contributed by atoms with Crippen LogP contribution in [0.1, 0.15) is 42.5 Å². The second kappa shape index (κ2) is 10.9. The van der Waals surface area contributed by atoms with Gasteiger partial charge >= 0.3 is 11.9 Å². The van der Waals surface area contributed by atoms with Crippen molar-refractivity contribution in [1.82, 2.24) is 20.5 Å². The molecule has 0 atom stereocenters. The van der Waals surface area contributed by atoms with Crippen molar-refractivity contribution in [3.8, 4) is 16.3 Å². The van der Waals surface area contributed by atoms with Crippen molar-refractivity contribution in [3.05, 3.63) is 87.2 Å². The molecule has 1 fully saturated rings. The standard InChI is InChI=1S/C27H28F3N5O3S/c1-26(31-10-11-32-26)17-38-24-7-4-20(14-23(24)35(36)37)18-8-12-34(13-9-18)15-22-16-39-25(33-22)19-2-5-21(6-3-19)27(28,29)30/h2-7,10-11,14,16,18,31-32H,8-9,12-13,15,17H2,1H3. The predicted octanol–water partition coefficient (Wildman–Crippen LogP) is 5.88. The van der Waals surface area contributed by atoms with Crippen LogP contribution in [0.3, 0.4) is 0 Å². The number of piperidine rings is 1. The molecule has 1 aromatic heterocycles. The molecule has 3 heterocycles. The molecule has 12 heteroatoms. The normalized spacial score (nSPS) is 17.5. The number of hydrogen-bond acceptors (Lipinski definition) is 8. The summed E-state index contributed by atoms with van der Waals surface area (Å²) < 4.78 is 44.3. The van der Waals surface area contributed by atoms with Crippen LogP contribution in [0, 0.1) is 10.1 Å². The van der Waals surface area contributed by atoms with Gasteiger partial charge in [-0.25, -0.2) is 4.98 Å². The van der Waals surface area contributed by atoms with Crippen molar-refractivity contribution in [2.45, 2.75) is 44.1 Å². The zero-order valence-corrected chi connectivity index (χ0v) is 22.0. The van der Waals surface area contributed by atoms with Crippen LogP contribution < -0.4 is 15.4 Å². The first kappa shape index (κ1) is 26.9. The smallest absolute Gasteiger partial charge is 0.416 e. The van der Waals surface area contributed by atoms with Crippen molar-refractivity contribution >= 4 is 17.0 Å². The molecule has 0 unspecified atom stereocenters. The fourth-order valence-corrected chi connectivity index (χ4v) is 5.64. The van der Waals surface area contributed by atoms with Crippen LogP contribution in [-0.2, 0) is 12.7 Å². The molecule has 2 N–H and O–H groups in total. The lowest BCUT2D eigenvalue weighted by Crippen LogP contribution is -2.50. The van der Waals surface area contributed by atoms with E-state index in [4.69, 9.17) is 4.74 Å². The minimum Gasteiger partial charge on any atom is -0.482 e. The number of hydrogen-bond donors (Lipinski definition) is 2. The Labute approximate surface area is 227 Å². The molecule has 2 aliphatic heterocycles. The highest BCUT2D eigenvalue weighted by Gasteiger charge is 2.30. The molecular weight excluding hydrogens is 531 g/mol. The SMILES string of the molecule is CC1(COc2ccc(C3CCN(Cc4csc(-c5ccc(C(F)(F)F)cc5)n4)CC3)cc2[N+](=O)[O-])NC=CN1. The number of nitrogens with zero attached hydrogens (tertiary/aromatic N) is 3. The highest BCUT2D eigenvalue weighted by molar-refractivity contribution is 7.13. The average Bonchev–Trinajstić information content (AvgIpc) is 3.57. The number of benzene rings is 2. The summed E-state index contributed by atoms with van der Waals surface area (Å²) in [4.78, 5) is 18.3. The number of nitro benzene ring substituents is 1. The summed E-state index contributed by atoms with van der Waals surface area (Å²) in [6.07, 6.45) is 0.871. The van der Waals surface area contributed by atoms with E-state index < -0.39 is 22.3 Å². The molecule has 0 aliphatic carbocycles. The lowest BCUT2D eigenvalue weighted by Gasteiger charge is -2.31. The van der Waals surface area contributed by atoms with E-state index in [1.807, 2.05) is 18.4 Å². The van der Waals surface area contributed by atoms with E-state index in [1.165, 1.54) is 23.5 Å². The molecule has 5 rings (SSSR count). The van der Waals surface area contributed by atoms with Crippen LogP contribution in [0.4, 0.5) is 18.9 Å². The number of halogens is 3. The maximum atomic E-state index is 12.8. The number of nitro groups is 1. The second-order valence-corrected chi connectivity index (χ2v) is 10.9. The van der Waals surface area contributed by atoms with E-state index in [2.05, 4.69) is 20.5 Å². The first-order valence-corrected chi connectivity index (χ1v) is 13.4. The Morgan fingerprint density at radius 3 is 2.49 bits per heavy atom. The van der Waals surface area contributed by atoms with Crippen LogP contribution in [0.25, 0.3) is 10.6 Å². The monoisotopic (exact) mass is 559 g/mol. The summed E-state index contributed by atoms with van der Waals surface area (Å²) in [5.74, 6) is 0.442. The van der Waals surface area contributed by atoms with Gasteiger partial charge in [-0.15, -0.1) is 11.3 Å². The molecular formula is C27H28F3N5O3S. The lowest BCUT2D eigenvalue weighted by molar-refractivity contribution is -0.386. The topological polar surface area (TPSA) is 92.6 Å². The second-order valence-electron chi connectivity index (χ2n) is 10.00. The number of alkyl halides is 3. The fourth-order valence-electron chi connectivity index (χ4n) is 4.82. The van der Waals surface area contributed by atoms with Crippen LogP contribution >= 0.6 is 11.3 Å². The third kappa shape index (κ3) is 6.34. The molecule has 0 amide bonds. The molecule has 1 saturated heterocycles. The molecule has 0 bridgehead atoms. The summed E-state index contributed by atoms with van der Waals surface area (Å²) in [6.45, 7) is 4.39. The highest BCUT2D eigenvalue weighted by Crippen LogP contribution is 2.36. The number of nitrogens with one attached hydrogen (secondary N) is 2. The first-order chi connectivity index (χ1) is 18.6. The quantitative estimate of drug-likeness (QED) is 0.263. The Morgan fingerprint density at radius 1 is 1.15 bits per heavy atom. The molecule has 8 nitrogen and oxygen atoms in total. The van der Waals surface area contributed by atoms with Gasteiger partial charge in [0.25, 0.3) is 0 Å². The Morgan fingerprint density at radius 2 is 1.85 bits per heavy atom. The zero-order chi connectivity index (χ0) is 27.6. The minimum absolute atomic E-state index is 0.0391. The van der Waals surface area contributed by atoms with Crippen molar-refractivity contribution in [2.24, 2.45) is 0 Å². The molecule has 0 saturated carbocycles. The van der Waals surface area contributed by atoms with Crippen LogP contribution in [0.15, 0.2) is 60.2 Å². The van der Waals surface area contributed by atoms with Gasteiger partial charge in [-0.2, -0.15) is 13.2 Å². The van der Waals surface area contributed by atoms with E-state index in [9.17, 15) is 23.3 Å². The van der Waals surface area contributed by atoms with Gasteiger partial charge in [-0.05, 0) is 62.5 Å². The van der Waals surface area contributed by atoms with E-state index >= 15 is 0 Å². The number of thiazole rings is 1. The summed E-state index contributed by atoms with van der Waals surface area (Å²) in [5.41, 5.74) is 1.23. The third-order valence-electron chi connectivity index (χ3n) is 7.04. The average molecular weight is 560 g/mol. The largest absolute Gasteiger partial charge is 0.482 e. The molecule has 2 aromatic carbocycles. The van der Waals surface area contributed by atoms with Gasteiger partial charge in [0.15, 0.2) is 5.75 Å². The summed E-state index contributed by atoms with van der Waals surface area (Å²) >= 11 is 1.41. The predicted molar refractivity (Wildman–Crippen MR) is 142 cm³/mol. The van der Waals surface area contributed by atoms with Crippen LogP contribution in [-0.4, -0.2) is 40.2 Å². The van der Waals surface area contributed by atoms with Gasteiger partial charge in [-0.1, -0.05) is 18.2 Å². The van der Waals surface area contributed by atoms with E-state index in [1.54, 1.807) is 24.5 Å². The fraction of sp³-hybridized carbons (Fsp3) is 0.370. The van der Waals surface area contributed by atoms with Crippen molar-refractivity contribution in [3.63, 3.8) is 0 Å². The van der Waals surface area contributed by atoms with Crippen LogP contribution in [0.5, 0.6) is 5.75 Å². The van der Waals surface area contributed by atoms with E-state index in [-0.39, 0.29) is 24.0 Å². The molecule has 2 aliphatic rings. The van der Waals surface area contributed by atoms with Gasteiger partial charge in [-0.3, -0.25) is 15.0 Å². The molecule has 39 heavy (non-hydrogen) atoms. The Hall–Kier alpha value is -3.64. The van der Waals surface area contributed by atoms with Gasteiger partial charge in [0, 0.05) is 36.0 Å². The molecule has 0 radical (unpaired) electrons. The highest BCUT2D eigenvalue weighted by atomic mass is 32.1. The van der Waals surface area contributed by atoms with Gasteiger partial charge in [0.05, 0.1) is 16.2 Å². The molecule has 3 aromatic rings. The molecule has 206 valence electrons. The minimum atomic E-state index is -4.36. The van der Waals surface area contributed by atoms with Crippen molar-refractivity contribution < 1.29 is 22.8 Å². The third-order valence-corrected chi connectivity index (χ3v) is 7.98. The Kier molecular flexibility index (Phi) is 7.50. The number of likely N-dealkylation sites (tertiary alicyclic amines) is 1. The van der Waals surface area contributed by atoms with Crippen LogP contribution in [0.2, 0.25) is 0 Å². The maximum absolute atomic E-state index is 12.8. The van der Waals surface area contributed by atoms with Gasteiger partial charge in [0.2, 0.25) is 0 Å². The maximum Gasteiger partial charge on any atom is 0.416 e. The first-order valence-electron chi connectivity index (χ1n) is 12.6. The summed E-state index contributed by atoms with van der Waals surface area (Å²) in [5, 5.41) is 20.6. The Bertz CT molecular complexity index is 1340. The number of rotatable bonds is 8. The number of aromatic nitrogens is 1. The Balaban J connectivity index is 1.17.